The summed E-state index contributed by atoms with van der Waals surface area (Å²) in [6, 6.07) is 23.4. The number of ether oxygens (including phenoxy) is 2. The van der Waals surface area contributed by atoms with E-state index >= 15 is 0 Å². The lowest BCUT2D eigenvalue weighted by atomic mass is 9.99. The van der Waals surface area contributed by atoms with E-state index in [9.17, 15) is 4.79 Å². The van der Waals surface area contributed by atoms with Gasteiger partial charge in [0.15, 0.2) is 11.5 Å². The van der Waals surface area contributed by atoms with Crippen molar-refractivity contribution in [2.24, 2.45) is 4.99 Å². The van der Waals surface area contributed by atoms with Crippen molar-refractivity contribution < 1.29 is 14.3 Å². The molecular weight excluding hydrogens is 426 g/mol. The smallest absolute Gasteiger partial charge is 0.251 e. The lowest BCUT2D eigenvalue weighted by Crippen LogP contribution is -2.43. The molecule has 7 heteroatoms. The predicted octanol–water partition coefficient (Wildman–Crippen LogP) is 3.92. The normalized spacial score (nSPS) is 16.3. The van der Waals surface area contributed by atoms with Gasteiger partial charge in [-0.25, -0.2) is 0 Å². The maximum absolute atomic E-state index is 12.6. The number of amides is 1. The number of likely N-dealkylation sites (N-methyl/N-ethyl adjacent to an activating group) is 1. The number of nitrogens with zero attached hydrogens (tertiary/aromatic N) is 2. The number of benzene rings is 3. The summed E-state index contributed by atoms with van der Waals surface area (Å²) < 4.78 is 11.3. The van der Waals surface area contributed by atoms with E-state index in [4.69, 9.17) is 14.5 Å². The molecule has 0 radical (unpaired) electrons. The Morgan fingerprint density at radius 3 is 2.41 bits per heavy atom. The standard InChI is InChI=1S/C25H23N3O3.ClH/c1-28-19(15-27-25(29)18-10-6-3-7-11-18)14-26-24(17-8-4-2-5-9-17)20-12-22-23(13-21(20)28)31-16-30-22;/h2-13,19H,14-16H2,1H3,(H,27,29);1H. The van der Waals surface area contributed by atoms with Crippen molar-refractivity contribution in [3.05, 3.63) is 89.5 Å². The monoisotopic (exact) mass is 449 g/mol. The fourth-order valence-electron chi connectivity index (χ4n) is 3.96. The van der Waals surface area contributed by atoms with E-state index in [-0.39, 0.29) is 31.1 Å². The Bertz CT molecular complexity index is 1140. The van der Waals surface area contributed by atoms with E-state index in [2.05, 4.69) is 22.3 Å². The molecule has 5 rings (SSSR count). The molecule has 0 saturated carbocycles. The zero-order chi connectivity index (χ0) is 21.2. The molecule has 6 nitrogen and oxygen atoms in total. The SMILES string of the molecule is CN1c2cc3c(cc2C(c2ccccc2)=NCC1CNC(=O)c1ccccc1)OCO3.Cl. The summed E-state index contributed by atoms with van der Waals surface area (Å²) >= 11 is 0. The number of fused-ring (bicyclic) bond motifs is 2. The molecule has 2 aliphatic heterocycles. The zero-order valence-corrected chi connectivity index (χ0v) is 18.5. The first-order valence-electron chi connectivity index (χ1n) is 10.3. The Morgan fingerprint density at radius 1 is 1.03 bits per heavy atom. The molecule has 0 saturated heterocycles. The Balaban J connectivity index is 0.00000245. The van der Waals surface area contributed by atoms with Crippen molar-refractivity contribution in [1.29, 1.82) is 0 Å². The van der Waals surface area contributed by atoms with Crippen molar-refractivity contribution >= 4 is 29.7 Å². The summed E-state index contributed by atoms with van der Waals surface area (Å²) in [4.78, 5) is 19.7. The van der Waals surface area contributed by atoms with Gasteiger partial charge in [0.2, 0.25) is 6.79 Å². The first-order chi connectivity index (χ1) is 15.2. The third-order valence-electron chi connectivity index (χ3n) is 5.72. The number of nitrogens with one attached hydrogen (secondary N) is 1. The van der Waals surface area contributed by atoms with Crippen molar-refractivity contribution in [3.8, 4) is 11.5 Å². The van der Waals surface area contributed by atoms with Crippen molar-refractivity contribution in [2.45, 2.75) is 6.04 Å². The Kier molecular flexibility index (Phi) is 6.32. The van der Waals surface area contributed by atoms with Crippen molar-refractivity contribution in [2.75, 3.05) is 31.8 Å². The number of carbonyl (C=O) groups excluding carboxylic acids is 1. The number of hydrogen-bond acceptors (Lipinski definition) is 5. The largest absolute Gasteiger partial charge is 0.454 e. The number of aliphatic imine (C=N–C) groups is 1. The van der Waals surface area contributed by atoms with Crippen LogP contribution in [-0.4, -0.2) is 44.6 Å². The topological polar surface area (TPSA) is 63.2 Å². The fourth-order valence-corrected chi connectivity index (χ4v) is 3.96. The van der Waals surface area contributed by atoms with Crippen LogP contribution in [0.3, 0.4) is 0 Å². The van der Waals surface area contributed by atoms with Crippen molar-refractivity contribution in [1.82, 2.24) is 5.32 Å². The first kappa shape index (κ1) is 21.7. The number of anilines is 1. The van der Waals surface area contributed by atoms with E-state index in [1.807, 2.05) is 67.7 Å². The highest BCUT2D eigenvalue weighted by Crippen LogP contribution is 2.40. The minimum Gasteiger partial charge on any atom is -0.454 e. The molecule has 0 aliphatic carbocycles. The minimum absolute atomic E-state index is 0. The van der Waals surface area contributed by atoms with Crippen LogP contribution in [0.15, 0.2) is 77.8 Å². The highest BCUT2D eigenvalue weighted by Gasteiger charge is 2.28. The van der Waals surface area contributed by atoms with E-state index in [0.717, 1.165) is 34.0 Å². The molecule has 32 heavy (non-hydrogen) atoms. The second-order valence-electron chi connectivity index (χ2n) is 7.62. The molecular formula is C25H24ClN3O3. The van der Waals surface area contributed by atoms with Crippen LogP contribution >= 0.6 is 12.4 Å². The molecule has 0 bridgehead atoms. The van der Waals surface area contributed by atoms with Crippen LogP contribution < -0.4 is 19.7 Å². The van der Waals surface area contributed by atoms with Gasteiger partial charge in [0.1, 0.15) is 0 Å². The second-order valence-corrected chi connectivity index (χ2v) is 7.62. The summed E-state index contributed by atoms with van der Waals surface area (Å²) in [7, 11) is 2.03. The van der Waals surface area contributed by atoms with Crippen LogP contribution in [0.1, 0.15) is 21.5 Å². The van der Waals surface area contributed by atoms with Crippen molar-refractivity contribution in [3.63, 3.8) is 0 Å². The van der Waals surface area contributed by atoms with Gasteiger partial charge >= 0.3 is 0 Å². The van der Waals surface area contributed by atoms with E-state index < -0.39 is 0 Å². The van der Waals surface area contributed by atoms with Crippen LogP contribution in [0.4, 0.5) is 5.69 Å². The van der Waals surface area contributed by atoms with E-state index in [0.29, 0.717) is 18.7 Å². The Hall–Kier alpha value is -3.51. The van der Waals surface area contributed by atoms with Crippen LogP contribution in [0, 0.1) is 0 Å². The molecule has 1 atom stereocenters. The number of hydrogen-bond donors (Lipinski definition) is 1. The number of halogens is 1. The van der Waals surface area contributed by atoms with E-state index in [1.165, 1.54) is 0 Å². The maximum atomic E-state index is 12.6. The van der Waals surface area contributed by atoms with Crippen LogP contribution in [0.5, 0.6) is 11.5 Å². The highest BCUT2D eigenvalue weighted by atomic mass is 35.5. The second kappa shape index (κ2) is 9.32. The van der Waals surface area contributed by atoms with Gasteiger partial charge in [0.05, 0.1) is 24.0 Å². The van der Waals surface area contributed by atoms with Gasteiger partial charge in [-0.15, -0.1) is 12.4 Å². The molecule has 0 spiro atoms. The first-order valence-corrected chi connectivity index (χ1v) is 10.3. The van der Waals surface area contributed by atoms with Gasteiger partial charge in [-0.05, 0) is 18.2 Å². The third kappa shape index (κ3) is 4.14. The molecule has 3 aromatic carbocycles. The van der Waals surface area contributed by atoms with Crippen LogP contribution in [0.2, 0.25) is 0 Å². The predicted molar refractivity (Wildman–Crippen MR) is 128 cm³/mol. The molecule has 1 unspecified atom stereocenters. The maximum Gasteiger partial charge on any atom is 0.251 e. The summed E-state index contributed by atoms with van der Waals surface area (Å²) in [6.45, 7) is 1.25. The van der Waals surface area contributed by atoms with Gasteiger partial charge in [-0.3, -0.25) is 9.79 Å². The molecule has 3 aromatic rings. The average Bonchev–Trinajstić information content (AvgIpc) is 3.23. The summed E-state index contributed by atoms with van der Waals surface area (Å²) in [5.74, 6) is 1.37. The molecule has 1 N–H and O–H groups in total. The van der Waals surface area contributed by atoms with Crippen LogP contribution in [-0.2, 0) is 0 Å². The van der Waals surface area contributed by atoms with Gasteiger partial charge in [-0.2, -0.15) is 0 Å². The zero-order valence-electron chi connectivity index (χ0n) is 17.7. The highest BCUT2D eigenvalue weighted by molar-refractivity contribution is 6.16. The van der Waals surface area contributed by atoms with Gasteiger partial charge in [-0.1, -0.05) is 48.5 Å². The molecule has 164 valence electrons. The Labute approximate surface area is 193 Å². The van der Waals surface area contributed by atoms with Crippen LogP contribution in [0.25, 0.3) is 0 Å². The fraction of sp³-hybridized carbons (Fsp3) is 0.200. The van der Waals surface area contributed by atoms with Gasteiger partial charge in [0.25, 0.3) is 5.91 Å². The molecule has 2 aliphatic rings. The summed E-state index contributed by atoms with van der Waals surface area (Å²) in [5.41, 5.74) is 4.61. The summed E-state index contributed by atoms with van der Waals surface area (Å²) in [5, 5.41) is 3.06. The van der Waals surface area contributed by atoms with Gasteiger partial charge < -0.3 is 19.7 Å². The summed E-state index contributed by atoms with van der Waals surface area (Å²) in [6.07, 6.45) is 0. The Morgan fingerprint density at radius 2 is 1.69 bits per heavy atom. The van der Waals surface area contributed by atoms with Gasteiger partial charge in [0, 0.05) is 36.3 Å². The lowest BCUT2D eigenvalue weighted by molar-refractivity contribution is 0.0951. The van der Waals surface area contributed by atoms with E-state index in [1.54, 1.807) is 0 Å². The lowest BCUT2D eigenvalue weighted by Gasteiger charge is -2.29. The number of carbonyl (C=O) groups is 1. The minimum atomic E-state index is -0.0866. The number of rotatable bonds is 4. The molecule has 0 fully saturated rings. The quantitative estimate of drug-likeness (QED) is 0.655. The molecule has 1 amide bonds. The average molecular weight is 450 g/mol. The third-order valence-corrected chi connectivity index (χ3v) is 5.72. The molecule has 2 heterocycles. The molecule has 0 aromatic heterocycles.